The number of fused-ring (bicyclic) bond motifs is 1. The second-order valence-corrected chi connectivity index (χ2v) is 3.19. The molecule has 0 unspecified atom stereocenters. The molecule has 0 amide bonds. The van der Waals surface area contributed by atoms with Crippen molar-refractivity contribution in [2.75, 3.05) is 0 Å². The Labute approximate surface area is 73.5 Å². The number of aryl methyl sites for hydroxylation is 1. The van der Waals surface area contributed by atoms with E-state index < -0.39 is 0 Å². The highest BCUT2D eigenvalue weighted by atomic mass is 32.1. The molecule has 0 aliphatic rings. The first-order chi connectivity index (χ1) is 5.81. The van der Waals surface area contributed by atoms with Crippen LogP contribution in [0.3, 0.4) is 0 Å². The van der Waals surface area contributed by atoms with Crippen molar-refractivity contribution in [3.8, 4) is 6.07 Å². The summed E-state index contributed by atoms with van der Waals surface area (Å²) in [5.41, 5.74) is 2.35. The van der Waals surface area contributed by atoms with E-state index in [1.807, 2.05) is 18.4 Å². The van der Waals surface area contributed by atoms with E-state index in [-0.39, 0.29) is 0 Å². The Morgan fingerprint density at radius 1 is 1.67 bits per heavy atom. The number of nitrogens with zero attached hydrogens (tertiary/aromatic N) is 2. The van der Waals surface area contributed by atoms with Gasteiger partial charge in [0.15, 0.2) is 0 Å². The maximum absolute atomic E-state index is 8.71. The fourth-order valence-electron chi connectivity index (χ4n) is 1.08. The summed E-state index contributed by atoms with van der Waals surface area (Å²) >= 11 is 1.39. The molecule has 0 atom stereocenters. The van der Waals surface area contributed by atoms with E-state index in [9.17, 15) is 0 Å². The number of H-pyrrole nitrogens is 1. The van der Waals surface area contributed by atoms with Crippen LogP contribution in [0.25, 0.3) is 11.0 Å². The number of rotatable bonds is 0. The molecule has 0 spiro atoms. The molecule has 0 aliphatic heterocycles. The zero-order chi connectivity index (χ0) is 8.55. The van der Waals surface area contributed by atoms with Gasteiger partial charge in [-0.3, -0.25) is 0 Å². The number of nitrogens with one attached hydrogen (secondary N) is 1. The Bertz CT molecular complexity index is 467. The number of aromatic nitrogens is 2. The van der Waals surface area contributed by atoms with Gasteiger partial charge in [0.05, 0.1) is 22.3 Å². The average molecular weight is 176 g/mol. The Balaban J connectivity index is 2.84. The molecule has 1 N–H and O–H groups in total. The quantitative estimate of drug-likeness (QED) is 0.607. The van der Waals surface area contributed by atoms with E-state index >= 15 is 0 Å². The Kier molecular flexibility index (Phi) is 1.52. The summed E-state index contributed by atoms with van der Waals surface area (Å²) in [5, 5.41) is 11.7. The minimum absolute atomic E-state index is 0.591. The van der Waals surface area contributed by atoms with Crippen molar-refractivity contribution in [1.29, 1.82) is 5.26 Å². The van der Waals surface area contributed by atoms with Gasteiger partial charge in [0.1, 0.15) is 6.07 Å². The Hall–Kier alpha value is -1.47. The SMILES string of the molecule is Cc1cc2csnc2[nH+]c1C#N. The number of aromatic amines is 1. The van der Waals surface area contributed by atoms with Crippen molar-refractivity contribution in [2.24, 2.45) is 0 Å². The molecule has 2 rings (SSSR count). The summed E-state index contributed by atoms with van der Waals surface area (Å²) in [5.74, 6) is 0. The van der Waals surface area contributed by atoms with E-state index in [4.69, 9.17) is 5.26 Å². The largest absolute Gasteiger partial charge is 0.344 e. The van der Waals surface area contributed by atoms with Gasteiger partial charge in [-0.2, -0.15) is 5.26 Å². The lowest BCUT2D eigenvalue weighted by atomic mass is 10.2. The smallest absolute Gasteiger partial charge is 0.227 e. The lowest BCUT2D eigenvalue weighted by molar-refractivity contribution is -0.352. The summed E-state index contributed by atoms with van der Waals surface area (Å²) in [4.78, 5) is 2.96. The first-order valence-corrected chi connectivity index (χ1v) is 4.32. The molecule has 12 heavy (non-hydrogen) atoms. The van der Waals surface area contributed by atoms with Crippen LogP contribution in [0, 0.1) is 18.3 Å². The van der Waals surface area contributed by atoms with Crippen molar-refractivity contribution in [3.63, 3.8) is 0 Å². The molecule has 3 nitrogen and oxygen atoms in total. The van der Waals surface area contributed by atoms with Gasteiger partial charge in [-0.05, 0) is 13.0 Å². The van der Waals surface area contributed by atoms with Gasteiger partial charge in [-0.15, -0.1) is 0 Å². The number of hydrogen-bond donors (Lipinski definition) is 0. The highest BCUT2D eigenvalue weighted by Crippen LogP contribution is 2.12. The molecule has 2 heterocycles. The minimum atomic E-state index is 0.591. The summed E-state index contributed by atoms with van der Waals surface area (Å²) in [7, 11) is 0. The monoisotopic (exact) mass is 176 g/mol. The predicted molar refractivity (Wildman–Crippen MR) is 45.6 cm³/mol. The highest BCUT2D eigenvalue weighted by molar-refractivity contribution is 7.04. The van der Waals surface area contributed by atoms with Gasteiger partial charge < -0.3 is 0 Å². The standard InChI is InChI=1S/C8H5N3S/c1-5-2-6-4-12-11-8(6)10-7(5)3-9/h2,4H,1H3/p+1. The first kappa shape index (κ1) is 7.19. The fraction of sp³-hybridized carbons (Fsp3) is 0.125. The zero-order valence-electron chi connectivity index (χ0n) is 6.46. The summed E-state index contributed by atoms with van der Waals surface area (Å²) < 4.78 is 4.10. The molecule has 0 fully saturated rings. The Morgan fingerprint density at radius 3 is 3.25 bits per heavy atom. The van der Waals surface area contributed by atoms with E-state index in [1.165, 1.54) is 11.5 Å². The van der Waals surface area contributed by atoms with Crippen LogP contribution in [0.5, 0.6) is 0 Å². The van der Waals surface area contributed by atoms with Crippen molar-refractivity contribution in [3.05, 3.63) is 22.7 Å². The van der Waals surface area contributed by atoms with Crippen LogP contribution in [0.4, 0.5) is 0 Å². The molecule has 4 heteroatoms. The molecule has 0 saturated carbocycles. The van der Waals surface area contributed by atoms with Crippen LogP contribution in [0.1, 0.15) is 11.3 Å². The van der Waals surface area contributed by atoms with E-state index in [0.29, 0.717) is 5.69 Å². The van der Waals surface area contributed by atoms with Crippen LogP contribution >= 0.6 is 11.5 Å². The molecular formula is C8H6N3S+. The lowest BCUT2D eigenvalue weighted by Gasteiger charge is -1.89. The van der Waals surface area contributed by atoms with E-state index in [0.717, 1.165) is 16.6 Å². The molecular weight excluding hydrogens is 170 g/mol. The van der Waals surface area contributed by atoms with Gasteiger partial charge in [0.2, 0.25) is 5.69 Å². The third-order valence-electron chi connectivity index (χ3n) is 1.72. The molecule has 2 aromatic heterocycles. The summed E-state index contributed by atoms with van der Waals surface area (Å²) in [6.07, 6.45) is 0. The lowest BCUT2D eigenvalue weighted by Crippen LogP contribution is -2.10. The molecule has 2 aromatic rings. The number of hydrogen-bond acceptors (Lipinski definition) is 3. The molecule has 0 aromatic carbocycles. The van der Waals surface area contributed by atoms with Crippen LogP contribution in [-0.2, 0) is 0 Å². The van der Waals surface area contributed by atoms with Gasteiger partial charge >= 0.3 is 5.65 Å². The van der Waals surface area contributed by atoms with Gasteiger partial charge in [-0.1, -0.05) is 0 Å². The van der Waals surface area contributed by atoms with Gasteiger partial charge in [0.25, 0.3) is 0 Å². The zero-order valence-corrected chi connectivity index (χ0v) is 7.27. The molecule has 0 saturated heterocycles. The predicted octanol–water partition coefficient (Wildman–Crippen LogP) is 1.29. The van der Waals surface area contributed by atoms with Crippen LogP contribution in [-0.4, -0.2) is 4.37 Å². The summed E-state index contributed by atoms with van der Waals surface area (Å²) in [6.45, 7) is 1.91. The average Bonchev–Trinajstić information content (AvgIpc) is 2.49. The van der Waals surface area contributed by atoms with Gasteiger partial charge in [0, 0.05) is 9.94 Å². The van der Waals surface area contributed by atoms with Crippen LogP contribution < -0.4 is 4.98 Å². The topological polar surface area (TPSA) is 50.8 Å². The minimum Gasteiger partial charge on any atom is -0.227 e. The molecule has 58 valence electrons. The molecule has 0 aliphatic carbocycles. The third-order valence-corrected chi connectivity index (χ3v) is 2.37. The molecule has 0 radical (unpaired) electrons. The van der Waals surface area contributed by atoms with E-state index in [1.54, 1.807) is 0 Å². The first-order valence-electron chi connectivity index (χ1n) is 3.48. The number of pyridine rings is 1. The van der Waals surface area contributed by atoms with Crippen LogP contribution in [0.2, 0.25) is 0 Å². The van der Waals surface area contributed by atoms with Crippen molar-refractivity contribution < 1.29 is 4.98 Å². The highest BCUT2D eigenvalue weighted by Gasteiger charge is 2.09. The fourth-order valence-corrected chi connectivity index (χ4v) is 1.68. The van der Waals surface area contributed by atoms with E-state index in [2.05, 4.69) is 15.4 Å². The number of nitriles is 1. The second kappa shape index (κ2) is 2.54. The maximum atomic E-state index is 8.71. The van der Waals surface area contributed by atoms with Crippen molar-refractivity contribution in [1.82, 2.24) is 4.37 Å². The van der Waals surface area contributed by atoms with Crippen molar-refractivity contribution >= 4 is 22.6 Å². The second-order valence-electron chi connectivity index (χ2n) is 2.56. The molecule has 0 bridgehead atoms. The normalized spacial score (nSPS) is 10.0. The van der Waals surface area contributed by atoms with Crippen LogP contribution in [0.15, 0.2) is 11.4 Å². The third kappa shape index (κ3) is 0.953. The van der Waals surface area contributed by atoms with Gasteiger partial charge in [-0.25, -0.2) is 4.98 Å². The van der Waals surface area contributed by atoms with Crippen molar-refractivity contribution in [2.45, 2.75) is 6.92 Å². The Morgan fingerprint density at radius 2 is 2.50 bits per heavy atom. The summed E-state index contributed by atoms with van der Waals surface area (Å²) in [6, 6.07) is 4.05. The maximum Gasteiger partial charge on any atom is 0.344 e.